The average molecular weight is 298 g/mol. The van der Waals surface area contributed by atoms with Crippen molar-refractivity contribution < 1.29 is 23.8 Å². The predicted molar refractivity (Wildman–Crippen MR) is 78.7 cm³/mol. The number of benzene rings is 2. The minimum Gasteiger partial charge on any atom is -0.493 e. The van der Waals surface area contributed by atoms with Crippen molar-refractivity contribution >= 4 is 11.6 Å². The summed E-state index contributed by atoms with van der Waals surface area (Å²) in [7, 11) is 2.98. The smallest absolute Gasteiger partial charge is 0.248 e. The van der Waals surface area contributed by atoms with Crippen molar-refractivity contribution in [1.29, 1.82) is 0 Å². The van der Waals surface area contributed by atoms with Gasteiger partial charge in [0.25, 0.3) is 0 Å². The maximum Gasteiger partial charge on any atom is 0.248 e. The molecule has 1 heterocycles. The number of para-hydroxylation sites is 2. The molecule has 0 saturated heterocycles. The van der Waals surface area contributed by atoms with Crippen molar-refractivity contribution in [2.24, 2.45) is 0 Å². The number of hydrogen-bond acceptors (Lipinski definition) is 5. The van der Waals surface area contributed by atoms with Gasteiger partial charge in [0.05, 0.1) is 19.8 Å². The zero-order valence-corrected chi connectivity index (χ0v) is 12.2. The van der Waals surface area contributed by atoms with E-state index in [4.69, 9.17) is 14.2 Å². The molecule has 112 valence electrons. The van der Waals surface area contributed by atoms with E-state index in [1.165, 1.54) is 14.2 Å². The Morgan fingerprint density at radius 1 is 0.955 bits per heavy atom. The molecule has 0 spiro atoms. The molecule has 0 fully saturated rings. The van der Waals surface area contributed by atoms with Crippen LogP contribution in [0.4, 0.5) is 0 Å². The van der Waals surface area contributed by atoms with Crippen LogP contribution in [0.2, 0.25) is 0 Å². The summed E-state index contributed by atoms with van der Waals surface area (Å²) in [5.74, 6) is 0.0715. The minimum absolute atomic E-state index is 0.283. The Kier molecular flexibility index (Phi) is 3.55. The van der Waals surface area contributed by atoms with Gasteiger partial charge in [0, 0.05) is 5.56 Å². The van der Waals surface area contributed by atoms with Crippen LogP contribution >= 0.6 is 0 Å². The van der Waals surface area contributed by atoms with E-state index < -0.39 is 17.7 Å². The molecule has 1 atom stereocenters. The van der Waals surface area contributed by atoms with Crippen LogP contribution in [0.25, 0.3) is 0 Å². The number of methoxy groups -OCH3 is 2. The molecule has 0 saturated carbocycles. The minimum atomic E-state index is -1.03. The van der Waals surface area contributed by atoms with E-state index in [0.29, 0.717) is 22.8 Å². The number of hydrogen-bond donors (Lipinski definition) is 0. The first-order valence-electron chi connectivity index (χ1n) is 6.72. The number of carbonyl (C=O) groups is 2. The molecule has 0 unspecified atom stereocenters. The van der Waals surface area contributed by atoms with Gasteiger partial charge in [-0.15, -0.1) is 0 Å². The van der Waals surface area contributed by atoms with E-state index in [2.05, 4.69) is 0 Å². The Hall–Kier alpha value is -2.82. The number of carbonyl (C=O) groups excluding carboxylic acids is 2. The molecular weight excluding hydrogens is 284 g/mol. The Labute approximate surface area is 127 Å². The van der Waals surface area contributed by atoms with Crippen molar-refractivity contribution in [3.8, 4) is 17.2 Å². The largest absolute Gasteiger partial charge is 0.493 e. The second-order valence-electron chi connectivity index (χ2n) is 4.77. The van der Waals surface area contributed by atoms with Crippen molar-refractivity contribution in [3.05, 3.63) is 53.6 Å². The van der Waals surface area contributed by atoms with Crippen LogP contribution in [0.3, 0.4) is 0 Å². The van der Waals surface area contributed by atoms with Crippen LogP contribution in [0.1, 0.15) is 22.0 Å². The van der Waals surface area contributed by atoms with Crippen molar-refractivity contribution in [1.82, 2.24) is 0 Å². The molecule has 5 nitrogen and oxygen atoms in total. The molecule has 0 bridgehead atoms. The maximum absolute atomic E-state index is 12.4. The van der Waals surface area contributed by atoms with Crippen LogP contribution < -0.4 is 14.2 Å². The first-order valence-corrected chi connectivity index (χ1v) is 6.72. The summed E-state index contributed by atoms with van der Waals surface area (Å²) in [6.45, 7) is 0. The zero-order chi connectivity index (χ0) is 15.7. The molecule has 1 aliphatic heterocycles. The first-order chi connectivity index (χ1) is 10.7. The van der Waals surface area contributed by atoms with Crippen molar-refractivity contribution in [3.63, 3.8) is 0 Å². The molecule has 2 aromatic carbocycles. The number of rotatable bonds is 3. The number of ether oxygens (including phenoxy) is 3. The van der Waals surface area contributed by atoms with Gasteiger partial charge in [-0.1, -0.05) is 24.3 Å². The fourth-order valence-electron chi connectivity index (χ4n) is 2.51. The van der Waals surface area contributed by atoms with Crippen LogP contribution in [0.5, 0.6) is 17.2 Å². The van der Waals surface area contributed by atoms with Crippen LogP contribution in [-0.4, -0.2) is 25.8 Å². The molecule has 0 aromatic heterocycles. The van der Waals surface area contributed by atoms with Gasteiger partial charge in [0.2, 0.25) is 11.6 Å². The highest BCUT2D eigenvalue weighted by Crippen LogP contribution is 2.40. The van der Waals surface area contributed by atoms with E-state index in [1.807, 2.05) is 0 Å². The van der Waals surface area contributed by atoms with Crippen molar-refractivity contribution in [2.45, 2.75) is 6.10 Å². The fraction of sp³-hybridized carbons (Fsp3) is 0.176. The highest BCUT2D eigenvalue weighted by molar-refractivity contribution is 6.46. The maximum atomic E-state index is 12.4. The molecule has 1 aliphatic rings. The Balaban J connectivity index is 2.11. The van der Waals surface area contributed by atoms with Crippen molar-refractivity contribution in [2.75, 3.05) is 14.2 Å². The highest BCUT2D eigenvalue weighted by atomic mass is 16.5. The third-order valence-electron chi connectivity index (χ3n) is 3.55. The lowest BCUT2D eigenvalue weighted by atomic mass is 9.94. The molecular formula is C17H14O5. The van der Waals surface area contributed by atoms with Gasteiger partial charge in [0.15, 0.2) is 17.6 Å². The molecule has 0 amide bonds. The molecule has 3 rings (SSSR count). The van der Waals surface area contributed by atoms with E-state index in [1.54, 1.807) is 42.5 Å². The summed E-state index contributed by atoms with van der Waals surface area (Å²) in [5.41, 5.74) is 0.750. The fourth-order valence-corrected chi connectivity index (χ4v) is 2.51. The normalized spacial score (nSPS) is 16.7. The van der Waals surface area contributed by atoms with Gasteiger partial charge in [-0.05, 0) is 18.2 Å². The SMILES string of the molecule is COc1cccc([C@H]2Oc3ccccc3C(=O)C2=O)c1OC. The predicted octanol–water partition coefficient (Wildman–Crippen LogP) is 2.59. The molecule has 0 N–H and O–H groups in total. The second-order valence-corrected chi connectivity index (χ2v) is 4.77. The standard InChI is InChI=1S/C17H14O5/c1-20-13-9-5-7-11(16(13)21-2)17-15(19)14(18)10-6-3-4-8-12(10)22-17/h3-9,17H,1-2H3/t17-/m1/s1. The van der Waals surface area contributed by atoms with Gasteiger partial charge in [-0.2, -0.15) is 0 Å². The zero-order valence-electron chi connectivity index (χ0n) is 12.2. The van der Waals surface area contributed by atoms with Crippen LogP contribution in [0.15, 0.2) is 42.5 Å². The van der Waals surface area contributed by atoms with Gasteiger partial charge < -0.3 is 14.2 Å². The summed E-state index contributed by atoms with van der Waals surface area (Å²) in [6.07, 6.45) is -1.03. The van der Waals surface area contributed by atoms with E-state index in [-0.39, 0.29) is 5.56 Å². The Morgan fingerprint density at radius 3 is 2.45 bits per heavy atom. The Morgan fingerprint density at radius 2 is 1.73 bits per heavy atom. The molecule has 5 heteroatoms. The average Bonchev–Trinajstić information content (AvgIpc) is 2.57. The van der Waals surface area contributed by atoms with Crippen LogP contribution in [-0.2, 0) is 4.79 Å². The van der Waals surface area contributed by atoms with Gasteiger partial charge in [-0.25, -0.2) is 0 Å². The first kappa shape index (κ1) is 14.1. The lowest BCUT2D eigenvalue weighted by Gasteiger charge is -2.25. The topological polar surface area (TPSA) is 61.8 Å². The lowest BCUT2D eigenvalue weighted by Crippen LogP contribution is -2.32. The van der Waals surface area contributed by atoms with E-state index >= 15 is 0 Å². The number of fused-ring (bicyclic) bond motifs is 1. The Bertz CT molecular complexity index is 750. The monoisotopic (exact) mass is 298 g/mol. The quantitative estimate of drug-likeness (QED) is 0.815. The molecule has 22 heavy (non-hydrogen) atoms. The van der Waals surface area contributed by atoms with E-state index in [9.17, 15) is 9.59 Å². The van der Waals surface area contributed by atoms with Gasteiger partial charge in [-0.3, -0.25) is 9.59 Å². The van der Waals surface area contributed by atoms with Gasteiger partial charge >= 0.3 is 0 Å². The number of Topliss-reactive ketones (excluding diaryl/α,β-unsaturated/α-hetero) is 2. The molecule has 0 aliphatic carbocycles. The second kappa shape index (κ2) is 5.52. The van der Waals surface area contributed by atoms with E-state index in [0.717, 1.165) is 0 Å². The summed E-state index contributed by atoms with van der Waals surface area (Å²) >= 11 is 0. The summed E-state index contributed by atoms with van der Waals surface area (Å²) < 4.78 is 16.3. The third-order valence-corrected chi connectivity index (χ3v) is 3.55. The summed E-state index contributed by atoms with van der Waals surface area (Å²) in [5, 5.41) is 0. The van der Waals surface area contributed by atoms with Crippen LogP contribution in [0, 0.1) is 0 Å². The summed E-state index contributed by atoms with van der Waals surface area (Å²) in [6, 6.07) is 11.8. The molecule has 2 aromatic rings. The molecule has 0 radical (unpaired) electrons. The van der Waals surface area contributed by atoms with Gasteiger partial charge in [0.1, 0.15) is 5.75 Å². The highest BCUT2D eigenvalue weighted by Gasteiger charge is 2.38. The summed E-state index contributed by atoms with van der Waals surface area (Å²) in [4.78, 5) is 24.6. The lowest BCUT2D eigenvalue weighted by molar-refractivity contribution is -0.122. The third kappa shape index (κ3) is 2.11. The number of ketones is 2.